The van der Waals surface area contributed by atoms with Gasteiger partial charge in [-0.25, -0.2) is 4.68 Å². The molecule has 1 saturated carbocycles. The monoisotopic (exact) mass is 407 g/mol. The van der Waals surface area contributed by atoms with E-state index in [1.807, 2.05) is 4.68 Å². The Bertz CT molecular complexity index is 1050. The van der Waals surface area contributed by atoms with Crippen molar-refractivity contribution in [3.05, 3.63) is 58.6 Å². The van der Waals surface area contributed by atoms with Gasteiger partial charge in [-0.3, -0.25) is 9.80 Å². The minimum Gasteiger partial charge on any atom is -0.304 e. The van der Waals surface area contributed by atoms with Crippen LogP contribution in [0.1, 0.15) is 37.1 Å². The summed E-state index contributed by atoms with van der Waals surface area (Å²) in [6.45, 7) is 9.21. The summed E-state index contributed by atoms with van der Waals surface area (Å²) in [7, 11) is 0. The molecule has 5 nitrogen and oxygen atoms in total. The van der Waals surface area contributed by atoms with E-state index >= 15 is 0 Å². The van der Waals surface area contributed by atoms with Crippen molar-refractivity contribution in [3.63, 3.8) is 0 Å². The lowest BCUT2D eigenvalue weighted by Gasteiger charge is -2.34. The Labute approximate surface area is 177 Å². The fourth-order valence-electron chi connectivity index (χ4n) is 4.44. The Morgan fingerprint density at radius 1 is 0.966 bits per heavy atom. The first-order valence-corrected chi connectivity index (χ1v) is 11.2. The number of hydrogen-bond donors (Lipinski definition) is 0. The quantitative estimate of drug-likeness (QED) is 0.572. The van der Waals surface area contributed by atoms with Crippen molar-refractivity contribution in [2.45, 2.75) is 45.4 Å². The number of piperazine rings is 1. The standard InChI is InChI=1S/C23H29N5S/c1-2-27-22(19-10-11-19)24-28(23(27)29)17-26-14-12-25(13-15-26)16-20-8-5-7-18-6-3-4-9-21(18)20/h3-9,19H,2,10-17H2,1H3. The molecular weight excluding hydrogens is 378 g/mol. The number of benzene rings is 2. The zero-order valence-electron chi connectivity index (χ0n) is 17.1. The molecule has 6 heteroatoms. The first kappa shape index (κ1) is 19.0. The second-order valence-corrected chi connectivity index (χ2v) is 8.70. The first-order valence-electron chi connectivity index (χ1n) is 10.8. The summed E-state index contributed by atoms with van der Waals surface area (Å²) >= 11 is 5.71. The van der Waals surface area contributed by atoms with Crippen LogP contribution in [0.3, 0.4) is 0 Å². The summed E-state index contributed by atoms with van der Waals surface area (Å²) in [5.74, 6) is 1.84. The van der Waals surface area contributed by atoms with Crippen LogP contribution in [0, 0.1) is 4.77 Å². The number of aromatic nitrogens is 3. The molecule has 152 valence electrons. The molecule has 0 atom stereocenters. The van der Waals surface area contributed by atoms with E-state index in [0.29, 0.717) is 5.92 Å². The van der Waals surface area contributed by atoms with Crippen LogP contribution in [0.25, 0.3) is 10.8 Å². The molecule has 0 N–H and O–H groups in total. The van der Waals surface area contributed by atoms with Crippen LogP contribution in [-0.4, -0.2) is 50.3 Å². The van der Waals surface area contributed by atoms with Crippen molar-refractivity contribution in [1.29, 1.82) is 0 Å². The van der Waals surface area contributed by atoms with Crippen LogP contribution in [0.5, 0.6) is 0 Å². The van der Waals surface area contributed by atoms with Gasteiger partial charge in [0.15, 0.2) is 4.77 Å². The van der Waals surface area contributed by atoms with Crippen molar-refractivity contribution < 1.29 is 0 Å². The highest BCUT2D eigenvalue weighted by atomic mass is 32.1. The van der Waals surface area contributed by atoms with Crippen LogP contribution in [0.15, 0.2) is 42.5 Å². The van der Waals surface area contributed by atoms with Gasteiger partial charge in [0.25, 0.3) is 0 Å². The SMILES string of the molecule is CCn1c(C2CC2)nn(CN2CCN(Cc3cccc4ccccc34)CC2)c1=S. The van der Waals surface area contributed by atoms with Crippen LogP contribution >= 0.6 is 12.2 Å². The van der Waals surface area contributed by atoms with Crippen LogP contribution < -0.4 is 0 Å². The lowest BCUT2D eigenvalue weighted by Crippen LogP contribution is -2.46. The second-order valence-electron chi connectivity index (χ2n) is 8.33. The zero-order valence-corrected chi connectivity index (χ0v) is 17.9. The van der Waals surface area contributed by atoms with E-state index in [1.165, 1.54) is 35.0 Å². The Hall–Kier alpha value is -2.02. The molecule has 29 heavy (non-hydrogen) atoms. The summed E-state index contributed by atoms with van der Waals surface area (Å²) in [6.07, 6.45) is 2.53. The van der Waals surface area contributed by atoms with Gasteiger partial charge < -0.3 is 4.57 Å². The fourth-order valence-corrected chi connectivity index (χ4v) is 4.76. The fraction of sp³-hybridized carbons (Fsp3) is 0.478. The van der Waals surface area contributed by atoms with Gasteiger partial charge in [0.1, 0.15) is 5.82 Å². The molecule has 5 rings (SSSR count). The van der Waals surface area contributed by atoms with Crippen LogP contribution in [-0.2, 0) is 19.8 Å². The van der Waals surface area contributed by atoms with Crippen molar-refractivity contribution in [1.82, 2.24) is 24.1 Å². The Balaban J connectivity index is 1.23. The Morgan fingerprint density at radius 3 is 2.45 bits per heavy atom. The van der Waals surface area contributed by atoms with Gasteiger partial charge in [-0.15, -0.1) is 0 Å². The molecule has 1 aliphatic heterocycles. The Morgan fingerprint density at radius 2 is 1.69 bits per heavy atom. The number of fused-ring (bicyclic) bond motifs is 1. The molecule has 2 fully saturated rings. The molecule has 2 aromatic carbocycles. The molecule has 0 bridgehead atoms. The molecule has 0 spiro atoms. The second kappa shape index (κ2) is 8.01. The summed E-state index contributed by atoms with van der Waals surface area (Å²) < 4.78 is 5.16. The lowest BCUT2D eigenvalue weighted by molar-refractivity contribution is 0.0981. The van der Waals surface area contributed by atoms with E-state index in [-0.39, 0.29) is 0 Å². The molecule has 1 aromatic heterocycles. The molecule has 3 aromatic rings. The Kier molecular flexibility index (Phi) is 5.24. The van der Waals surface area contributed by atoms with Gasteiger partial charge >= 0.3 is 0 Å². The van der Waals surface area contributed by atoms with Crippen LogP contribution in [0.4, 0.5) is 0 Å². The van der Waals surface area contributed by atoms with E-state index in [2.05, 4.69) is 63.8 Å². The van der Waals surface area contributed by atoms with Crippen molar-refractivity contribution in [2.24, 2.45) is 0 Å². The van der Waals surface area contributed by atoms with Gasteiger partial charge in [-0.2, -0.15) is 5.10 Å². The van der Waals surface area contributed by atoms with Crippen molar-refractivity contribution in [2.75, 3.05) is 26.2 Å². The smallest absolute Gasteiger partial charge is 0.199 e. The van der Waals surface area contributed by atoms with E-state index < -0.39 is 0 Å². The maximum Gasteiger partial charge on any atom is 0.199 e. The third kappa shape index (κ3) is 3.89. The predicted molar refractivity (Wildman–Crippen MR) is 119 cm³/mol. The van der Waals surface area contributed by atoms with Crippen molar-refractivity contribution in [3.8, 4) is 0 Å². The van der Waals surface area contributed by atoms with Crippen LogP contribution in [0.2, 0.25) is 0 Å². The molecular formula is C23H29N5S. The highest BCUT2D eigenvalue weighted by molar-refractivity contribution is 7.71. The minimum absolute atomic E-state index is 0.635. The molecule has 0 unspecified atom stereocenters. The number of nitrogens with zero attached hydrogens (tertiary/aromatic N) is 5. The van der Waals surface area contributed by atoms with Gasteiger partial charge in [0, 0.05) is 45.2 Å². The van der Waals surface area contributed by atoms with Gasteiger partial charge in [-0.05, 0) is 48.3 Å². The molecule has 1 saturated heterocycles. The third-order valence-electron chi connectivity index (χ3n) is 6.28. The summed E-state index contributed by atoms with van der Waals surface area (Å²) in [5, 5.41) is 7.58. The summed E-state index contributed by atoms with van der Waals surface area (Å²) in [6, 6.07) is 15.3. The maximum atomic E-state index is 5.71. The molecule has 1 aliphatic carbocycles. The zero-order chi connectivity index (χ0) is 19.8. The molecule has 2 aliphatic rings. The molecule has 0 radical (unpaired) electrons. The largest absolute Gasteiger partial charge is 0.304 e. The van der Waals surface area contributed by atoms with Gasteiger partial charge in [-0.1, -0.05) is 42.5 Å². The highest BCUT2D eigenvalue weighted by Crippen LogP contribution is 2.39. The third-order valence-corrected chi connectivity index (χ3v) is 6.71. The van der Waals surface area contributed by atoms with E-state index in [0.717, 1.165) is 50.7 Å². The lowest BCUT2D eigenvalue weighted by atomic mass is 10.0. The summed E-state index contributed by atoms with van der Waals surface area (Å²) in [5.41, 5.74) is 1.43. The van der Waals surface area contributed by atoms with Crippen molar-refractivity contribution >= 4 is 23.0 Å². The van der Waals surface area contributed by atoms with E-state index in [9.17, 15) is 0 Å². The predicted octanol–water partition coefficient (Wildman–Crippen LogP) is 4.24. The topological polar surface area (TPSA) is 29.2 Å². The molecule has 0 amide bonds. The minimum atomic E-state index is 0.635. The highest BCUT2D eigenvalue weighted by Gasteiger charge is 2.30. The maximum absolute atomic E-state index is 5.71. The average molecular weight is 408 g/mol. The molecule has 2 heterocycles. The average Bonchev–Trinajstić information content (AvgIpc) is 3.55. The van der Waals surface area contributed by atoms with Gasteiger partial charge in [0.2, 0.25) is 0 Å². The van der Waals surface area contributed by atoms with E-state index in [4.69, 9.17) is 17.3 Å². The summed E-state index contributed by atoms with van der Waals surface area (Å²) in [4.78, 5) is 5.05. The first-order chi connectivity index (χ1) is 14.2. The number of rotatable bonds is 6. The normalized spacial score (nSPS) is 18.5. The van der Waals surface area contributed by atoms with E-state index in [1.54, 1.807) is 0 Å². The van der Waals surface area contributed by atoms with Gasteiger partial charge in [0.05, 0.1) is 6.67 Å². The number of hydrogen-bond acceptors (Lipinski definition) is 4.